The molecule has 4 N–H and O–H groups in total. The highest BCUT2D eigenvalue weighted by molar-refractivity contribution is 7.98. The van der Waals surface area contributed by atoms with Gasteiger partial charge in [-0.05, 0) is 73.7 Å². The van der Waals surface area contributed by atoms with Crippen molar-refractivity contribution < 1.29 is 4.79 Å². The number of nitrogens with two attached hydrogens (primary N) is 2. The lowest BCUT2D eigenvalue weighted by Crippen LogP contribution is -2.37. The quantitative estimate of drug-likeness (QED) is 0.258. The molecule has 7 heteroatoms. The maximum absolute atomic E-state index is 13.9. The monoisotopic (exact) mass is 514 g/mol. The average molecular weight is 515 g/mol. The summed E-state index contributed by atoms with van der Waals surface area (Å²) in [6.45, 7) is 9.68. The maximum Gasteiger partial charge on any atom is 0.262 e. The lowest BCUT2D eigenvalue weighted by atomic mass is 10.0. The second-order valence-electron chi connectivity index (χ2n) is 8.55. The molecule has 1 fully saturated rings. The van der Waals surface area contributed by atoms with E-state index in [1.54, 1.807) is 28.0 Å². The number of carbonyl (C=O) groups is 1. The molecule has 0 atom stereocenters. The fourth-order valence-corrected chi connectivity index (χ4v) is 5.56. The number of benzene rings is 1. The zero-order valence-corrected chi connectivity index (χ0v) is 23.8. The number of rotatable bonds is 6. The van der Waals surface area contributed by atoms with Gasteiger partial charge in [-0.2, -0.15) is 0 Å². The molecular formula is C28H42N4OS2. The van der Waals surface area contributed by atoms with Crippen LogP contribution in [0.1, 0.15) is 63.3 Å². The number of anilines is 1. The van der Waals surface area contributed by atoms with Gasteiger partial charge in [-0.3, -0.25) is 4.79 Å². The Morgan fingerprint density at radius 1 is 1.06 bits per heavy atom. The van der Waals surface area contributed by atoms with E-state index in [0.29, 0.717) is 17.1 Å². The topological polar surface area (TPSA) is 75.6 Å². The van der Waals surface area contributed by atoms with Crippen LogP contribution >= 0.6 is 23.1 Å². The highest BCUT2D eigenvalue weighted by Crippen LogP contribution is 2.31. The van der Waals surface area contributed by atoms with Crippen LogP contribution < -0.4 is 16.4 Å². The predicted molar refractivity (Wildman–Crippen MR) is 155 cm³/mol. The highest BCUT2D eigenvalue weighted by atomic mass is 32.2. The first-order valence-electron chi connectivity index (χ1n) is 12.5. The predicted octanol–water partition coefficient (Wildman–Crippen LogP) is 6.59. The Bertz CT molecular complexity index is 1030. The van der Waals surface area contributed by atoms with Gasteiger partial charge in [0.2, 0.25) is 0 Å². The first kappa shape index (κ1) is 28.9. The van der Waals surface area contributed by atoms with Crippen LogP contribution in [-0.4, -0.2) is 37.2 Å². The summed E-state index contributed by atoms with van der Waals surface area (Å²) in [5.41, 5.74) is 17.2. The molecule has 192 valence electrons. The van der Waals surface area contributed by atoms with Gasteiger partial charge in [-0.25, -0.2) is 0 Å². The number of thiophene rings is 1. The number of hydrogen-bond acceptors (Lipinski definition) is 6. The lowest BCUT2D eigenvalue weighted by molar-refractivity contribution is -0.114. The van der Waals surface area contributed by atoms with Crippen molar-refractivity contribution in [1.29, 1.82) is 0 Å². The van der Waals surface area contributed by atoms with E-state index in [1.807, 2.05) is 76.7 Å². The summed E-state index contributed by atoms with van der Waals surface area (Å²) in [6, 6.07) is 10.0. The van der Waals surface area contributed by atoms with E-state index in [1.165, 1.54) is 19.3 Å². The van der Waals surface area contributed by atoms with E-state index in [2.05, 4.69) is 4.90 Å². The summed E-state index contributed by atoms with van der Waals surface area (Å²) in [5, 5.41) is 2.03. The van der Waals surface area contributed by atoms with Crippen molar-refractivity contribution in [3.63, 3.8) is 0 Å². The van der Waals surface area contributed by atoms with Crippen molar-refractivity contribution in [3.05, 3.63) is 63.1 Å². The minimum Gasteiger partial charge on any atom is -0.397 e. The van der Waals surface area contributed by atoms with Gasteiger partial charge in [0.1, 0.15) is 5.82 Å². The Morgan fingerprint density at radius 3 is 2.26 bits per heavy atom. The molecule has 1 aliphatic heterocycles. The zero-order valence-electron chi connectivity index (χ0n) is 22.2. The van der Waals surface area contributed by atoms with Crippen LogP contribution in [0.5, 0.6) is 0 Å². The Morgan fingerprint density at radius 2 is 1.69 bits per heavy atom. The van der Waals surface area contributed by atoms with Crippen LogP contribution in [0.3, 0.4) is 0 Å². The number of aryl methyl sites for hydroxylation is 1. The van der Waals surface area contributed by atoms with Crippen LogP contribution in [0.15, 0.2) is 57.6 Å². The molecule has 2 heterocycles. The molecule has 3 rings (SSSR count). The van der Waals surface area contributed by atoms with Crippen LogP contribution in [-0.2, 0) is 4.79 Å². The number of likely N-dealkylation sites (tertiary alicyclic amines) is 1. The van der Waals surface area contributed by atoms with Gasteiger partial charge in [0.05, 0.1) is 16.1 Å². The molecule has 0 bridgehead atoms. The van der Waals surface area contributed by atoms with Crippen molar-refractivity contribution in [2.75, 3.05) is 31.3 Å². The van der Waals surface area contributed by atoms with E-state index >= 15 is 0 Å². The highest BCUT2D eigenvalue weighted by Gasteiger charge is 2.26. The fraction of sp³-hybridized carbons (Fsp3) is 0.464. The second kappa shape index (κ2) is 14.2. The molecule has 0 radical (unpaired) electrons. The Labute approximate surface area is 220 Å². The summed E-state index contributed by atoms with van der Waals surface area (Å²) in [5.74, 6) is 0.395. The Balaban J connectivity index is 0.00000210. The third-order valence-corrected chi connectivity index (χ3v) is 8.07. The molecule has 1 amide bonds. The van der Waals surface area contributed by atoms with Crippen LogP contribution in [0.25, 0.3) is 5.70 Å². The Kier molecular flexibility index (Phi) is 11.7. The van der Waals surface area contributed by atoms with E-state index in [0.717, 1.165) is 52.5 Å². The molecule has 1 saturated heterocycles. The zero-order chi connectivity index (χ0) is 26.0. The molecule has 35 heavy (non-hydrogen) atoms. The molecule has 0 aliphatic carbocycles. The van der Waals surface area contributed by atoms with E-state index < -0.39 is 0 Å². The second-order valence-corrected chi connectivity index (χ2v) is 10.3. The number of nitrogens with zero attached hydrogens (tertiary/aromatic N) is 2. The van der Waals surface area contributed by atoms with Crippen LogP contribution in [0.2, 0.25) is 0 Å². The smallest absolute Gasteiger partial charge is 0.262 e. The largest absolute Gasteiger partial charge is 0.397 e. The molecule has 1 aliphatic rings. The van der Waals surface area contributed by atoms with Gasteiger partial charge >= 0.3 is 0 Å². The fourth-order valence-electron chi connectivity index (χ4n) is 4.17. The molecule has 1 aromatic heterocycles. The molecule has 5 nitrogen and oxygen atoms in total. The van der Waals surface area contributed by atoms with Gasteiger partial charge in [0, 0.05) is 30.7 Å². The van der Waals surface area contributed by atoms with Gasteiger partial charge in [-0.1, -0.05) is 39.2 Å². The Hall–Kier alpha value is -2.38. The van der Waals surface area contributed by atoms with Gasteiger partial charge in [0.15, 0.2) is 0 Å². The van der Waals surface area contributed by atoms with E-state index in [-0.39, 0.29) is 5.91 Å². The van der Waals surface area contributed by atoms with Crippen LogP contribution in [0.4, 0.5) is 5.69 Å². The molecule has 1 aromatic carbocycles. The molecule has 0 spiro atoms. The van der Waals surface area contributed by atoms with Gasteiger partial charge in [0.25, 0.3) is 5.91 Å². The number of likely N-dealkylation sites (N-methyl/N-ethyl adjacent to an activating group) is 1. The number of hydrogen-bond donors (Lipinski definition) is 2. The first-order chi connectivity index (χ1) is 16.8. The first-order valence-corrected chi connectivity index (χ1v) is 14.6. The number of thioether (sulfide) groups is 1. The summed E-state index contributed by atoms with van der Waals surface area (Å²) >= 11 is 3.24. The van der Waals surface area contributed by atoms with Gasteiger partial charge < -0.3 is 21.3 Å². The van der Waals surface area contributed by atoms with Crippen molar-refractivity contribution in [2.24, 2.45) is 11.5 Å². The standard InChI is InChI=1S/C26H36N4OS2.C2H6/c1-18-13-16-33-24(18)23(27)19(2)22(25(28)30-14-8-6-5-7-9-15-30)26(31)29(3)20-11-10-12-21(17-20)32-4;1-2/h10-13,16-17H,5-9,14-15,27-28H2,1-4H3;1-2H3/b23-19-,25-22-;. The molecule has 0 saturated carbocycles. The van der Waals surface area contributed by atoms with Crippen molar-refractivity contribution in [1.82, 2.24) is 4.90 Å². The SMILES string of the molecule is CC.CSc1cccc(N(C)C(=O)C(/C(C)=C(\N)c2sccc2C)=C(/N)N2CCCCCCC2)c1. The number of amides is 1. The summed E-state index contributed by atoms with van der Waals surface area (Å²) in [6.07, 6.45) is 7.84. The third kappa shape index (κ3) is 7.31. The van der Waals surface area contributed by atoms with E-state index in [9.17, 15) is 4.79 Å². The summed E-state index contributed by atoms with van der Waals surface area (Å²) < 4.78 is 0. The minimum absolute atomic E-state index is 0.137. The molecule has 0 unspecified atom stereocenters. The number of carbonyl (C=O) groups excluding carboxylic acids is 1. The lowest BCUT2D eigenvalue weighted by Gasteiger charge is -2.30. The summed E-state index contributed by atoms with van der Waals surface area (Å²) in [7, 11) is 1.81. The molecular weight excluding hydrogens is 472 g/mol. The normalized spacial score (nSPS) is 15.7. The maximum atomic E-state index is 13.9. The van der Waals surface area contributed by atoms with Crippen molar-refractivity contribution in [2.45, 2.75) is 64.7 Å². The summed E-state index contributed by atoms with van der Waals surface area (Å²) in [4.78, 5) is 19.9. The van der Waals surface area contributed by atoms with Crippen molar-refractivity contribution in [3.8, 4) is 0 Å². The average Bonchev–Trinajstić information content (AvgIpc) is 3.29. The third-order valence-electron chi connectivity index (χ3n) is 6.30. The van der Waals surface area contributed by atoms with Gasteiger partial charge in [-0.15, -0.1) is 23.1 Å². The van der Waals surface area contributed by atoms with E-state index in [4.69, 9.17) is 11.5 Å². The molecule has 2 aromatic rings. The van der Waals surface area contributed by atoms with Crippen LogP contribution in [0, 0.1) is 6.92 Å². The van der Waals surface area contributed by atoms with Crippen molar-refractivity contribution >= 4 is 40.4 Å². The minimum atomic E-state index is -0.137.